The highest BCUT2D eigenvalue weighted by atomic mass is 32.2. The molecule has 0 saturated carbocycles. The van der Waals surface area contributed by atoms with Crippen LogP contribution in [0.25, 0.3) is 0 Å². The van der Waals surface area contributed by atoms with Crippen LogP contribution in [0, 0.1) is 0 Å². The summed E-state index contributed by atoms with van der Waals surface area (Å²) in [6, 6.07) is 5.13. The van der Waals surface area contributed by atoms with Gasteiger partial charge in [-0.05, 0) is 30.5 Å². The number of sulfonamides is 1. The lowest BCUT2D eigenvalue weighted by Crippen LogP contribution is -2.24. The zero-order chi connectivity index (χ0) is 14.9. The molecule has 21 heavy (non-hydrogen) atoms. The summed E-state index contributed by atoms with van der Waals surface area (Å²) >= 11 is 1.01. The standard InChI is InChI=1S/C13H15N3O3S2/c17-13-16-10(8-20-13)7-15-21(18,19)11-4-3-9-2-1-5-14-12(9)6-11/h3-4,6,8,14-15H,1-2,5,7H2,(H,16,17). The predicted octanol–water partition coefficient (Wildman–Crippen LogP) is 1.27. The molecule has 112 valence electrons. The van der Waals surface area contributed by atoms with Crippen molar-refractivity contribution in [2.24, 2.45) is 0 Å². The molecule has 0 aliphatic carbocycles. The molecule has 0 atom stereocenters. The monoisotopic (exact) mass is 325 g/mol. The molecule has 0 fully saturated rings. The van der Waals surface area contributed by atoms with Crippen molar-refractivity contribution < 1.29 is 8.42 Å². The van der Waals surface area contributed by atoms with Crippen molar-refractivity contribution >= 4 is 27.0 Å². The maximum Gasteiger partial charge on any atom is 0.304 e. The molecule has 0 amide bonds. The van der Waals surface area contributed by atoms with Crippen molar-refractivity contribution in [1.82, 2.24) is 9.71 Å². The largest absolute Gasteiger partial charge is 0.385 e. The van der Waals surface area contributed by atoms with E-state index in [2.05, 4.69) is 15.0 Å². The fourth-order valence-electron chi connectivity index (χ4n) is 2.26. The van der Waals surface area contributed by atoms with Gasteiger partial charge in [0.1, 0.15) is 0 Å². The molecule has 2 aromatic rings. The number of aryl methyl sites for hydroxylation is 1. The Kier molecular flexibility index (Phi) is 3.83. The van der Waals surface area contributed by atoms with E-state index in [1.165, 1.54) is 0 Å². The van der Waals surface area contributed by atoms with E-state index in [9.17, 15) is 13.2 Å². The number of fused-ring (bicyclic) bond motifs is 1. The van der Waals surface area contributed by atoms with Crippen LogP contribution in [0.1, 0.15) is 17.7 Å². The summed E-state index contributed by atoms with van der Waals surface area (Å²) in [6.07, 6.45) is 2.02. The van der Waals surface area contributed by atoms with Crippen LogP contribution in [-0.2, 0) is 23.0 Å². The topological polar surface area (TPSA) is 91.1 Å². The van der Waals surface area contributed by atoms with E-state index in [0.717, 1.165) is 42.0 Å². The van der Waals surface area contributed by atoms with Crippen LogP contribution in [0.15, 0.2) is 33.3 Å². The highest BCUT2D eigenvalue weighted by molar-refractivity contribution is 7.89. The first-order valence-corrected chi connectivity index (χ1v) is 8.94. The maximum atomic E-state index is 12.3. The van der Waals surface area contributed by atoms with Gasteiger partial charge in [-0.2, -0.15) is 0 Å². The number of rotatable bonds is 4. The minimum absolute atomic E-state index is 0.0750. The summed E-state index contributed by atoms with van der Waals surface area (Å²) in [6.45, 7) is 0.936. The Labute approximate surface area is 126 Å². The third-order valence-electron chi connectivity index (χ3n) is 3.35. The molecule has 1 aliphatic rings. The van der Waals surface area contributed by atoms with Crippen molar-refractivity contribution in [3.63, 3.8) is 0 Å². The number of H-pyrrole nitrogens is 1. The molecule has 1 aromatic heterocycles. The fourth-order valence-corrected chi connectivity index (χ4v) is 3.88. The molecule has 0 unspecified atom stereocenters. The molecular weight excluding hydrogens is 310 g/mol. The van der Waals surface area contributed by atoms with Crippen molar-refractivity contribution in [2.75, 3.05) is 11.9 Å². The molecule has 0 saturated heterocycles. The van der Waals surface area contributed by atoms with Crippen LogP contribution in [0.2, 0.25) is 0 Å². The minimum atomic E-state index is -3.59. The quantitative estimate of drug-likeness (QED) is 0.789. The fraction of sp³-hybridized carbons (Fsp3) is 0.308. The highest BCUT2D eigenvalue weighted by Crippen LogP contribution is 2.25. The van der Waals surface area contributed by atoms with Crippen LogP contribution in [-0.4, -0.2) is 19.9 Å². The van der Waals surface area contributed by atoms with Gasteiger partial charge in [-0.15, -0.1) is 0 Å². The summed E-state index contributed by atoms with van der Waals surface area (Å²) in [4.78, 5) is 13.6. The Morgan fingerprint density at radius 3 is 2.95 bits per heavy atom. The first kappa shape index (κ1) is 14.3. The Hall–Kier alpha value is -1.64. The second kappa shape index (κ2) is 5.63. The van der Waals surface area contributed by atoms with Crippen LogP contribution < -0.4 is 14.9 Å². The van der Waals surface area contributed by atoms with Crippen LogP contribution >= 0.6 is 11.3 Å². The van der Waals surface area contributed by atoms with Crippen molar-refractivity contribution in [3.8, 4) is 0 Å². The lowest BCUT2D eigenvalue weighted by Gasteiger charge is -2.18. The predicted molar refractivity (Wildman–Crippen MR) is 82.2 cm³/mol. The average molecular weight is 325 g/mol. The Balaban J connectivity index is 1.79. The number of hydrogen-bond acceptors (Lipinski definition) is 5. The minimum Gasteiger partial charge on any atom is -0.385 e. The summed E-state index contributed by atoms with van der Waals surface area (Å²) in [5, 5.41) is 4.82. The van der Waals surface area contributed by atoms with E-state index in [4.69, 9.17) is 0 Å². The van der Waals surface area contributed by atoms with Gasteiger partial charge in [-0.3, -0.25) is 4.79 Å². The van der Waals surface area contributed by atoms with Gasteiger partial charge >= 0.3 is 4.87 Å². The summed E-state index contributed by atoms with van der Waals surface area (Å²) in [7, 11) is -3.59. The molecule has 0 radical (unpaired) electrons. The Morgan fingerprint density at radius 2 is 2.19 bits per heavy atom. The normalized spacial score (nSPS) is 14.5. The van der Waals surface area contributed by atoms with E-state index in [1.54, 1.807) is 17.5 Å². The third kappa shape index (κ3) is 3.17. The highest BCUT2D eigenvalue weighted by Gasteiger charge is 2.17. The number of hydrogen-bond donors (Lipinski definition) is 3. The van der Waals surface area contributed by atoms with Gasteiger partial charge in [-0.25, -0.2) is 13.1 Å². The summed E-state index contributed by atoms with van der Waals surface area (Å²) in [5.74, 6) is 0. The molecule has 0 spiro atoms. The van der Waals surface area contributed by atoms with Gasteiger partial charge in [0, 0.05) is 23.3 Å². The van der Waals surface area contributed by atoms with Crippen molar-refractivity contribution in [2.45, 2.75) is 24.3 Å². The average Bonchev–Trinajstić information content (AvgIpc) is 2.90. The van der Waals surface area contributed by atoms with E-state index in [-0.39, 0.29) is 16.3 Å². The van der Waals surface area contributed by atoms with Gasteiger partial charge in [0.15, 0.2) is 0 Å². The summed E-state index contributed by atoms with van der Waals surface area (Å²) in [5.41, 5.74) is 2.58. The molecule has 0 bridgehead atoms. The van der Waals surface area contributed by atoms with Gasteiger partial charge in [0.05, 0.1) is 11.4 Å². The lowest BCUT2D eigenvalue weighted by molar-refractivity contribution is 0.580. The lowest BCUT2D eigenvalue weighted by atomic mass is 10.0. The zero-order valence-electron chi connectivity index (χ0n) is 11.2. The van der Waals surface area contributed by atoms with Gasteiger partial charge < -0.3 is 10.3 Å². The molecule has 3 rings (SSSR count). The van der Waals surface area contributed by atoms with E-state index < -0.39 is 10.0 Å². The first-order chi connectivity index (χ1) is 10.0. The van der Waals surface area contributed by atoms with Gasteiger partial charge in [0.25, 0.3) is 0 Å². The molecular formula is C13H15N3O3S2. The number of thiazole rings is 1. The van der Waals surface area contributed by atoms with Crippen LogP contribution in [0.3, 0.4) is 0 Å². The molecule has 1 aromatic carbocycles. The SMILES string of the molecule is O=c1[nH]c(CNS(=O)(=O)c2ccc3c(c2)NCCC3)cs1. The molecule has 6 nitrogen and oxygen atoms in total. The van der Waals surface area contributed by atoms with E-state index in [1.807, 2.05) is 6.07 Å². The third-order valence-corrected chi connectivity index (χ3v) is 5.47. The number of nitrogens with one attached hydrogen (secondary N) is 3. The van der Waals surface area contributed by atoms with E-state index in [0.29, 0.717) is 5.69 Å². The molecule has 3 N–H and O–H groups in total. The first-order valence-electron chi connectivity index (χ1n) is 6.58. The van der Waals surface area contributed by atoms with Crippen LogP contribution in [0.4, 0.5) is 5.69 Å². The van der Waals surface area contributed by atoms with Crippen molar-refractivity contribution in [1.29, 1.82) is 0 Å². The van der Waals surface area contributed by atoms with Gasteiger partial charge in [-0.1, -0.05) is 17.4 Å². The number of benzene rings is 1. The van der Waals surface area contributed by atoms with E-state index >= 15 is 0 Å². The number of anilines is 1. The van der Waals surface area contributed by atoms with Crippen LogP contribution in [0.5, 0.6) is 0 Å². The smallest absolute Gasteiger partial charge is 0.304 e. The second-order valence-electron chi connectivity index (χ2n) is 4.85. The molecule has 8 heteroatoms. The second-order valence-corrected chi connectivity index (χ2v) is 7.46. The van der Waals surface area contributed by atoms with Crippen molar-refractivity contribution in [3.05, 3.63) is 44.5 Å². The maximum absolute atomic E-state index is 12.3. The number of aromatic nitrogens is 1. The number of aromatic amines is 1. The Bertz CT molecular complexity index is 808. The van der Waals surface area contributed by atoms with Gasteiger partial charge in [0.2, 0.25) is 10.0 Å². The molecule has 2 heterocycles. The zero-order valence-corrected chi connectivity index (χ0v) is 12.8. The Morgan fingerprint density at radius 1 is 1.33 bits per heavy atom. The summed E-state index contributed by atoms with van der Waals surface area (Å²) < 4.78 is 27.0. The molecule has 1 aliphatic heterocycles.